The number of hydrogen-bond acceptors (Lipinski definition) is 4. The highest BCUT2D eigenvalue weighted by Crippen LogP contribution is 2.18. The van der Waals surface area contributed by atoms with E-state index < -0.39 is 0 Å². The van der Waals surface area contributed by atoms with Gasteiger partial charge in [0.25, 0.3) is 0 Å². The molecule has 0 aromatic heterocycles. The molecule has 2 heterocycles. The quantitative estimate of drug-likeness (QED) is 0.343. The summed E-state index contributed by atoms with van der Waals surface area (Å²) in [5, 5.41) is 3.45. The highest BCUT2D eigenvalue weighted by Gasteiger charge is 2.23. The van der Waals surface area contributed by atoms with Crippen LogP contribution in [0.25, 0.3) is 0 Å². The van der Waals surface area contributed by atoms with E-state index in [1.165, 1.54) is 19.3 Å². The van der Waals surface area contributed by atoms with Gasteiger partial charge in [0.15, 0.2) is 5.96 Å². The number of morpholine rings is 1. The molecule has 154 valence electrons. The molecule has 2 unspecified atom stereocenters. The maximum atomic E-state index is 5.55. The Morgan fingerprint density at radius 2 is 2.00 bits per heavy atom. The lowest BCUT2D eigenvalue weighted by Gasteiger charge is -2.37. The van der Waals surface area contributed by atoms with Gasteiger partial charge in [-0.25, -0.2) is 0 Å². The second kappa shape index (κ2) is 13.1. The van der Waals surface area contributed by atoms with Gasteiger partial charge in [-0.2, -0.15) is 0 Å². The SMILES string of the molecule is CCNC(=NCC(C)N1CCOCC1C)N(C)CCC1CCOCC1.I. The molecular weight excluding hydrogens is 443 g/mol. The highest BCUT2D eigenvalue weighted by atomic mass is 127. The first-order chi connectivity index (χ1) is 12.1. The van der Waals surface area contributed by atoms with Crippen LogP contribution in [0.15, 0.2) is 4.99 Å². The minimum Gasteiger partial charge on any atom is -0.381 e. The summed E-state index contributed by atoms with van der Waals surface area (Å²) < 4.78 is 11.0. The number of ether oxygens (including phenoxy) is 2. The molecule has 0 spiro atoms. The minimum absolute atomic E-state index is 0. The predicted octanol–water partition coefficient (Wildman–Crippen LogP) is 2.43. The topological polar surface area (TPSA) is 49.3 Å². The van der Waals surface area contributed by atoms with E-state index in [4.69, 9.17) is 14.5 Å². The fourth-order valence-corrected chi connectivity index (χ4v) is 3.71. The maximum Gasteiger partial charge on any atom is 0.193 e. The van der Waals surface area contributed by atoms with E-state index in [9.17, 15) is 0 Å². The number of rotatable bonds is 7. The van der Waals surface area contributed by atoms with Crippen LogP contribution in [0.5, 0.6) is 0 Å². The zero-order valence-electron chi connectivity index (χ0n) is 17.1. The van der Waals surface area contributed by atoms with Crippen molar-refractivity contribution in [2.45, 2.75) is 52.1 Å². The maximum absolute atomic E-state index is 5.55. The van der Waals surface area contributed by atoms with Gasteiger partial charge >= 0.3 is 0 Å². The Labute approximate surface area is 177 Å². The van der Waals surface area contributed by atoms with Crippen LogP contribution in [0.4, 0.5) is 0 Å². The number of nitrogens with zero attached hydrogens (tertiary/aromatic N) is 3. The molecule has 0 amide bonds. The fraction of sp³-hybridized carbons (Fsp3) is 0.947. The van der Waals surface area contributed by atoms with Gasteiger partial charge in [0, 0.05) is 52.0 Å². The third kappa shape index (κ3) is 7.86. The van der Waals surface area contributed by atoms with Crippen LogP contribution < -0.4 is 5.32 Å². The molecule has 0 aromatic carbocycles. The summed E-state index contributed by atoms with van der Waals surface area (Å²) in [6.07, 6.45) is 3.63. The van der Waals surface area contributed by atoms with Crippen molar-refractivity contribution >= 4 is 29.9 Å². The normalized spacial score (nSPS) is 24.0. The minimum atomic E-state index is 0. The molecular formula is C19H39IN4O2. The van der Waals surface area contributed by atoms with E-state index in [1.807, 2.05) is 0 Å². The zero-order chi connectivity index (χ0) is 18.1. The molecule has 1 N–H and O–H groups in total. The van der Waals surface area contributed by atoms with E-state index in [0.29, 0.717) is 12.1 Å². The molecule has 2 atom stereocenters. The Hall–Kier alpha value is -0.120. The molecule has 7 heteroatoms. The first-order valence-electron chi connectivity index (χ1n) is 10.0. The molecule has 6 nitrogen and oxygen atoms in total. The number of aliphatic imine (C=N–C) groups is 1. The second-order valence-corrected chi connectivity index (χ2v) is 7.47. The number of halogens is 1. The number of nitrogens with one attached hydrogen (secondary N) is 1. The fourth-order valence-electron chi connectivity index (χ4n) is 3.71. The first kappa shape index (κ1) is 23.9. The van der Waals surface area contributed by atoms with Gasteiger partial charge in [0.1, 0.15) is 0 Å². The summed E-state index contributed by atoms with van der Waals surface area (Å²) in [5.74, 6) is 1.83. The molecule has 26 heavy (non-hydrogen) atoms. The average molecular weight is 482 g/mol. The Kier molecular flexibility index (Phi) is 12.1. The van der Waals surface area contributed by atoms with Crippen LogP contribution in [0.1, 0.15) is 40.0 Å². The summed E-state index contributed by atoms with van der Waals surface area (Å²) in [7, 11) is 2.16. The highest BCUT2D eigenvalue weighted by molar-refractivity contribution is 14.0. The molecule has 2 fully saturated rings. The smallest absolute Gasteiger partial charge is 0.193 e. The summed E-state index contributed by atoms with van der Waals surface area (Å²) in [4.78, 5) is 9.71. The predicted molar refractivity (Wildman–Crippen MR) is 119 cm³/mol. The molecule has 0 radical (unpaired) electrons. The Bertz CT molecular complexity index is 405. The van der Waals surface area contributed by atoms with Crippen molar-refractivity contribution in [1.82, 2.24) is 15.1 Å². The van der Waals surface area contributed by atoms with Crippen LogP contribution in [0.3, 0.4) is 0 Å². The van der Waals surface area contributed by atoms with E-state index in [1.54, 1.807) is 0 Å². The van der Waals surface area contributed by atoms with Crippen molar-refractivity contribution in [3.05, 3.63) is 0 Å². The largest absolute Gasteiger partial charge is 0.381 e. The van der Waals surface area contributed by atoms with Crippen molar-refractivity contribution in [2.24, 2.45) is 10.9 Å². The summed E-state index contributed by atoms with van der Waals surface area (Å²) in [5.41, 5.74) is 0. The van der Waals surface area contributed by atoms with Crippen LogP contribution in [-0.2, 0) is 9.47 Å². The zero-order valence-corrected chi connectivity index (χ0v) is 19.4. The van der Waals surface area contributed by atoms with Crippen molar-refractivity contribution in [3.8, 4) is 0 Å². The van der Waals surface area contributed by atoms with Crippen LogP contribution in [0.2, 0.25) is 0 Å². The summed E-state index contributed by atoms with van der Waals surface area (Å²) in [6.45, 7) is 14.0. The van der Waals surface area contributed by atoms with Crippen LogP contribution in [-0.4, -0.2) is 87.5 Å². The van der Waals surface area contributed by atoms with Gasteiger partial charge in [-0.05, 0) is 46.0 Å². The van der Waals surface area contributed by atoms with E-state index in [0.717, 1.165) is 64.5 Å². The Balaban J connectivity index is 0.00000338. The molecule has 0 aromatic rings. The van der Waals surface area contributed by atoms with Gasteiger partial charge in [0.05, 0.1) is 19.8 Å². The van der Waals surface area contributed by atoms with Gasteiger partial charge in [-0.1, -0.05) is 0 Å². The lowest BCUT2D eigenvalue weighted by molar-refractivity contribution is -0.0166. The lowest BCUT2D eigenvalue weighted by Crippen LogP contribution is -2.49. The molecule has 0 saturated carbocycles. The van der Waals surface area contributed by atoms with Crippen molar-refractivity contribution in [3.63, 3.8) is 0 Å². The second-order valence-electron chi connectivity index (χ2n) is 7.47. The molecule has 0 bridgehead atoms. The van der Waals surface area contributed by atoms with Gasteiger partial charge in [-0.15, -0.1) is 24.0 Å². The first-order valence-corrected chi connectivity index (χ1v) is 10.0. The third-order valence-corrected chi connectivity index (χ3v) is 5.40. The van der Waals surface area contributed by atoms with Gasteiger partial charge in [-0.3, -0.25) is 9.89 Å². The standard InChI is InChI=1S/C19H38N4O2.HI/c1-5-20-19(22(4)9-6-18-7-11-24-12-8-18)21-14-16(2)23-10-13-25-15-17(23)3;/h16-18H,5-15H2,1-4H3,(H,20,21);1H. The monoisotopic (exact) mass is 482 g/mol. The van der Waals surface area contributed by atoms with Gasteiger partial charge in [0.2, 0.25) is 0 Å². The van der Waals surface area contributed by atoms with E-state index in [-0.39, 0.29) is 24.0 Å². The van der Waals surface area contributed by atoms with Crippen LogP contribution >= 0.6 is 24.0 Å². The average Bonchev–Trinajstić information content (AvgIpc) is 2.64. The number of hydrogen-bond donors (Lipinski definition) is 1. The van der Waals surface area contributed by atoms with E-state index in [2.05, 4.69) is 42.9 Å². The lowest BCUT2D eigenvalue weighted by atomic mass is 9.96. The van der Waals surface area contributed by atoms with Crippen molar-refractivity contribution in [1.29, 1.82) is 0 Å². The van der Waals surface area contributed by atoms with Crippen LogP contribution in [0, 0.1) is 5.92 Å². The Morgan fingerprint density at radius 1 is 1.27 bits per heavy atom. The molecule has 2 rings (SSSR count). The van der Waals surface area contributed by atoms with Crippen molar-refractivity contribution < 1.29 is 9.47 Å². The summed E-state index contributed by atoms with van der Waals surface area (Å²) in [6, 6.07) is 0.921. The molecule has 2 saturated heterocycles. The third-order valence-electron chi connectivity index (χ3n) is 5.40. The molecule has 2 aliphatic heterocycles. The molecule has 0 aliphatic carbocycles. The van der Waals surface area contributed by atoms with Crippen molar-refractivity contribution in [2.75, 3.05) is 59.7 Å². The van der Waals surface area contributed by atoms with Gasteiger partial charge < -0.3 is 19.7 Å². The molecule has 2 aliphatic rings. The van der Waals surface area contributed by atoms with E-state index >= 15 is 0 Å². The Morgan fingerprint density at radius 3 is 2.65 bits per heavy atom. The summed E-state index contributed by atoms with van der Waals surface area (Å²) >= 11 is 0. The number of guanidine groups is 1.